The Hall–Kier alpha value is -3.78. The van der Waals surface area contributed by atoms with E-state index in [9.17, 15) is 9.59 Å². The third-order valence-electron chi connectivity index (χ3n) is 5.23. The van der Waals surface area contributed by atoms with Gasteiger partial charge in [0.05, 0.1) is 24.7 Å². The molecule has 7 nitrogen and oxygen atoms in total. The Labute approximate surface area is 192 Å². The quantitative estimate of drug-likeness (QED) is 0.439. The first-order valence-corrected chi connectivity index (χ1v) is 10.8. The van der Waals surface area contributed by atoms with E-state index in [0.717, 1.165) is 43.9 Å². The second-order valence-electron chi connectivity index (χ2n) is 7.51. The fraction of sp³-hybridized carbons (Fsp3) is 0.0833. The minimum Gasteiger partial charge on any atom is -0.326 e. The molecule has 32 heavy (non-hydrogen) atoms. The van der Waals surface area contributed by atoms with Gasteiger partial charge >= 0.3 is 0 Å². The SMILES string of the molecule is O=C1Cc2cc(-n3cc(-c4ccccc4)nn3)ccc2N1.O=C1Cc2cc(Br)ccc2N1. The first-order valence-electron chi connectivity index (χ1n) is 10.0. The van der Waals surface area contributed by atoms with Gasteiger partial charge in [-0.15, -0.1) is 5.10 Å². The summed E-state index contributed by atoms with van der Waals surface area (Å²) in [6, 6.07) is 21.5. The number of fused-ring (bicyclic) bond motifs is 2. The summed E-state index contributed by atoms with van der Waals surface area (Å²) >= 11 is 3.35. The average molecular weight is 488 g/mol. The molecule has 8 heteroatoms. The van der Waals surface area contributed by atoms with Crippen LogP contribution in [0.5, 0.6) is 0 Å². The van der Waals surface area contributed by atoms with Crippen LogP contribution in [0.15, 0.2) is 77.4 Å². The third-order valence-corrected chi connectivity index (χ3v) is 5.73. The number of hydrogen-bond acceptors (Lipinski definition) is 4. The molecule has 0 aliphatic carbocycles. The summed E-state index contributed by atoms with van der Waals surface area (Å²) in [6.07, 6.45) is 2.82. The number of halogens is 1. The summed E-state index contributed by atoms with van der Waals surface area (Å²) in [5.41, 5.74) is 6.65. The van der Waals surface area contributed by atoms with Gasteiger partial charge in [-0.05, 0) is 47.5 Å². The van der Waals surface area contributed by atoms with Crippen molar-refractivity contribution in [2.75, 3.05) is 10.6 Å². The van der Waals surface area contributed by atoms with E-state index in [2.05, 4.69) is 36.9 Å². The van der Waals surface area contributed by atoms with Crippen LogP contribution in [0, 0.1) is 0 Å². The number of nitrogens with one attached hydrogen (secondary N) is 2. The number of anilines is 2. The Kier molecular flexibility index (Phi) is 5.28. The maximum absolute atomic E-state index is 11.4. The van der Waals surface area contributed by atoms with Gasteiger partial charge in [0.2, 0.25) is 11.8 Å². The highest BCUT2D eigenvalue weighted by molar-refractivity contribution is 9.10. The fourth-order valence-corrected chi connectivity index (χ4v) is 4.10. The van der Waals surface area contributed by atoms with Crippen molar-refractivity contribution in [3.8, 4) is 16.9 Å². The van der Waals surface area contributed by atoms with Crippen LogP contribution in [0.25, 0.3) is 16.9 Å². The van der Waals surface area contributed by atoms with E-state index in [1.807, 2.05) is 72.9 Å². The molecule has 0 spiro atoms. The second kappa shape index (κ2) is 8.39. The van der Waals surface area contributed by atoms with Gasteiger partial charge in [-0.3, -0.25) is 9.59 Å². The maximum Gasteiger partial charge on any atom is 0.228 e. The number of carbonyl (C=O) groups excluding carboxylic acids is 2. The smallest absolute Gasteiger partial charge is 0.228 e. The number of amides is 2. The first-order chi connectivity index (χ1) is 15.5. The van der Waals surface area contributed by atoms with Gasteiger partial charge in [0.1, 0.15) is 5.69 Å². The van der Waals surface area contributed by atoms with E-state index in [0.29, 0.717) is 12.8 Å². The number of nitrogens with zero attached hydrogens (tertiary/aromatic N) is 3. The van der Waals surface area contributed by atoms with Crippen molar-refractivity contribution in [3.05, 3.63) is 88.5 Å². The number of aromatic nitrogens is 3. The van der Waals surface area contributed by atoms with E-state index in [4.69, 9.17) is 0 Å². The second-order valence-corrected chi connectivity index (χ2v) is 8.42. The van der Waals surface area contributed by atoms with E-state index in [1.165, 1.54) is 0 Å². The van der Waals surface area contributed by atoms with Crippen molar-refractivity contribution in [1.82, 2.24) is 15.0 Å². The minimum atomic E-state index is 0.0331. The standard InChI is InChI=1S/C16H12N4O.C8H6BrNO/c21-16-9-12-8-13(6-7-14(12)17-16)20-10-15(18-19-20)11-4-2-1-3-5-11;9-6-1-2-7-5(3-6)4-8(11)10-7/h1-8,10H,9H2,(H,17,21);1-3H,4H2,(H,10,11). The number of rotatable bonds is 2. The Balaban J connectivity index is 0.000000165. The van der Waals surface area contributed by atoms with E-state index < -0.39 is 0 Å². The number of carbonyl (C=O) groups is 2. The molecule has 0 radical (unpaired) electrons. The Morgan fingerprint density at radius 2 is 1.47 bits per heavy atom. The van der Waals surface area contributed by atoms with Crippen LogP contribution in [0.3, 0.4) is 0 Å². The van der Waals surface area contributed by atoms with E-state index in [1.54, 1.807) is 4.68 Å². The van der Waals surface area contributed by atoms with Gasteiger partial charge in [0.25, 0.3) is 0 Å². The van der Waals surface area contributed by atoms with Crippen LogP contribution in [0.4, 0.5) is 11.4 Å². The van der Waals surface area contributed by atoms with Crippen molar-refractivity contribution in [1.29, 1.82) is 0 Å². The molecule has 2 aliphatic heterocycles. The summed E-state index contributed by atoms with van der Waals surface area (Å²) in [4.78, 5) is 22.3. The lowest BCUT2D eigenvalue weighted by Gasteiger charge is -2.03. The zero-order valence-corrected chi connectivity index (χ0v) is 18.5. The van der Waals surface area contributed by atoms with E-state index >= 15 is 0 Å². The predicted octanol–water partition coefficient (Wildman–Crippen LogP) is 4.37. The van der Waals surface area contributed by atoms with Gasteiger partial charge in [-0.2, -0.15) is 0 Å². The van der Waals surface area contributed by atoms with Crippen molar-refractivity contribution in [2.45, 2.75) is 12.8 Å². The molecule has 1 aromatic heterocycles. The van der Waals surface area contributed by atoms with Gasteiger partial charge < -0.3 is 10.6 Å². The molecule has 0 atom stereocenters. The highest BCUT2D eigenvalue weighted by Gasteiger charge is 2.18. The van der Waals surface area contributed by atoms with Gasteiger partial charge in [-0.25, -0.2) is 4.68 Å². The van der Waals surface area contributed by atoms with Crippen LogP contribution >= 0.6 is 15.9 Å². The molecule has 2 aliphatic rings. The van der Waals surface area contributed by atoms with Crippen LogP contribution < -0.4 is 10.6 Å². The van der Waals surface area contributed by atoms with Crippen molar-refractivity contribution >= 4 is 39.1 Å². The molecule has 2 amide bonds. The first kappa shape index (κ1) is 20.1. The summed E-state index contributed by atoms with van der Waals surface area (Å²) in [6.45, 7) is 0. The highest BCUT2D eigenvalue weighted by Crippen LogP contribution is 2.27. The molecule has 4 aromatic rings. The monoisotopic (exact) mass is 487 g/mol. The molecule has 3 aromatic carbocycles. The molecule has 6 rings (SSSR count). The number of benzene rings is 3. The van der Waals surface area contributed by atoms with Crippen molar-refractivity contribution < 1.29 is 9.59 Å². The van der Waals surface area contributed by atoms with Gasteiger partial charge in [0.15, 0.2) is 0 Å². The molecule has 158 valence electrons. The molecule has 0 bridgehead atoms. The zero-order valence-electron chi connectivity index (χ0n) is 16.9. The molecular formula is C24H18BrN5O2. The van der Waals surface area contributed by atoms with Gasteiger partial charge in [-0.1, -0.05) is 51.5 Å². The molecule has 2 N–H and O–H groups in total. The largest absolute Gasteiger partial charge is 0.326 e. The van der Waals surface area contributed by atoms with Gasteiger partial charge in [0, 0.05) is 21.4 Å². The average Bonchev–Trinajstić information content (AvgIpc) is 3.50. The summed E-state index contributed by atoms with van der Waals surface area (Å²) in [5, 5.41) is 14.0. The lowest BCUT2D eigenvalue weighted by molar-refractivity contribution is -0.115. The zero-order chi connectivity index (χ0) is 22.1. The molecule has 0 fully saturated rings. The lowest BCUT2D eigenvalue weighted by atomic mass is 10.1. The molecule has 0 unspecified atom stereocenters. The topological polar surface area (TPSA) is 88.9 Å². The van der Waals surface area contributed by atoms with E-state index in [-0.39, 0.29) is 11.8 Å². The molecule has 0 saturated carbocycles. The van der Waals surface area contributed by atoms with Crippen LogP contribution in [-0.4, -0.2) is 26.8 Å². The Bertz CT molecular complexity index is 1330. The lowest BCUT2D eigenvalue weighted by Crippen LogP contribution is -2.03. The van der Waals surface area contributed by atoms with Crippen LogP contribution in [-0.2, 0) is 22.4 Å². The highest BCUT2D eigenvalue weighted by atomic mass is 79.9. The molecular weight excluding hydrogens is 470 g/mol. The Morgan fingerprint density at radius 1 is 0.812 bits per heavy atom. The van der Waals surface area contributed by atoms with Crippen LogP contribution in [0.2, 0.25) is 0 Å². The van der Waals surface area contributed by atoms with Crippen LogP contribution in [0.1, 0.15) is 11.1 Å². The normalized spacial score (nSPS) is 13.5. The van der Waals surface area contributed by atoms with Crippen molar-refractivity contribution in [3.63, 3.8) is 0 Å². The predicted molar refractivity (Wildman–Crippen MR) is 126 cm³/mol. The van der Waals surface area contributed by atoms with Crippen molar-refractivity contribution in [2.24, 2.45) is 0 Å². The molecule has 0 saturated heterocycles. The Morgan fingerprint density at radius 3 is 2.19 bits per heavy atom. The minimum absolute atomic E-state index is 0.0331. The molecule has 3 heterocycles. The summed E-state index contributed by atoms with van der Waals surface area (Å²) in [7, 11) is 0. The third kappa shape index (κ3) is 4.17. The fourth-order valence-electron chi connectivity index (χ4n) is 3.69. The summed E-state index contributed by atoms with van der Waals surface area (Å²) in [5.74, 6) is 0.115. The number of hydrogen-bond donors (Lipinski definition) is 2. The summed E-state index contributed by atoms with van der Waals surface area (Å²) < 4.78 is 2.75. The maximum atomic E-state index is 11.4.